The van der Waals surface area contributed by atoms with E-state index in [2.05, 4.69) is 13.8 Å². The molecule has 3 aromatic rings. The van der Waals surface area contributed by atoms with Crippen LogP contribution in [0.15, 0.2) is 78.4 Å². The summed E-state index contributed by atoms with van der Waals surface area (Å²) >= 11 is 0. The minimum Gasteiger partial charge on any atom is -0.507 e. The number of hydrogen-bond acceptors (Lipinski definition) is 5. The molecular formula is C32H35NO5. The molecule has 0 spiro atoms. The molecular weight excluding hydrogens is 478 g/mol. The first-order valence-electron chi connectivity index (χ1n) is 13.0. The molecule has 0 aromatic heterocycles. The van der Waals surface area contributed by atoms with Gasteiger partial charge in [-0.2, -0.15) is 0 Å². The molecule has 198 valence electrons. The summed E-state index contributed by atoms with van der Waals surface area (Å²) in [6.07, 6.45) is -0.0487. The first kappa shape index (κ1) is 27.0. The molecule has 6 nitrogen and oxygen atoms in total. The third kappa shape index (κ3) is 6.08. The van der Waals surface area contributed by atoms with E-state index in [4.69, 9.17) is 9.47 Å². The van der Waals surface area contributed by atoms with Crippen LogP contribution in [0.25, 0.3) is 5.76 Å². The van der Waals surface area contributed by atoms with Gasteiger partial charge >= 0.3 is 0 Å². The second-order valence-corrected chi connectivity index (χ2v) is 10.4. The standard InChI is InChI=1S/C32H35NO5/c1-20(2)19-37-26-14-12-23(13-15-26)18-33-29(24-9-6-8-22(5)16-24)28(31(35)32(33)36)30(34)25-10-7-11-27(17-25)38-21(3)4/h6-17,20-21,29,34H,18-19H2,1-5H3/b30-28-. The van der Waals surface area contributed by atoms with Crippen molar-refractivity contribution in [2.75, 3.05) is 6.61 Å². The van der Waals surface area contributed by atoms with Crippen molar-refractivity contribution in [3.8, 4) is 11.5 Å². The normalized spacial score (nSPS) is 16.9. The van der Waals surface area contributed by atoms with E-state index in [0.29, 0.717) is 23.8 Å². The summed E-state index contributed by atoms with van der Waals surface area (Å²) in [7, 11) is 0. The van der Waals surface area contributed by atoms with Crippen molar-refractivity contribution in [1.29, 1.82) is 0 Å². The van der Waals surface area contributed by atoms with Crippen molar-refractivity contribution in [1.82, 2.24) is 4.90 Å². The van der Waals surface area contributed by atoms with Crippen LogP contribution >= 0.6 is 0 Å². The summed E-state index contributed by atoms with van der Waals surface area (Å²) < 4.78 is 11.6. The van der Waals surface area contributed by atoms with Gasteiger partial charge in [0.2, 0.25) is 0 Å². The maximum Gasteiger partial charge on any atom is 0.295 e. The van der Waals surface area contributed by atoms with Crippen LogP contribution in [0.5, 0.6) is 11.5 Å². The fraction of sp³-hybridized carbons (Fsp3) is 0.312. The van der Waals surface area contributed by atoms with Gasteiger partial charge in [-0.15, -0.1) is 0 Å². The van der Waals surface area contributed by atoms with Gasteiger partial charge < -0.3 is 19.5 Å². The van der Waals surface area contributed by atoms with Crippen LogP contribution in [0, 0.1) is 12.8 Å². The summed E-state index contributed by atoms with van der Waals surface area (Å²) in [6, 6.07) is 21.4. The van der Waals surface area contributed by atoms with Gasteiger partial charge in [-0.05, 0) is 62.1 Å². The van der Waals surface area contributed by atoms with E-state index in [-0.39, 0.29) is 24.0 Å². The molecule has 1 heterocycles. The van der Waals surface area contributed by atoms with Crippen molar-refractivity contribution in [3.63, 3.8) is 0 Å². The van der Waals surface area contributed by atoms with E-state index < -0.39 is 17.7 Å². The minimum absolute atomic E-state index is 0.0487. The largest absolute Gasteiger partial charge is 0.507 e. The Balaban J connectivity index is 1.74. The van der Waals surface area contributed by atoms with E-state index >= 15 is 0 Å². The summed E-state index contributed by atoms with van der Waals surface area (Å²) in [5.41, 5.74) is 3.10. The zero-order chi connectivity index (χ0) is 27.4. The van der Waals surface area contributed by atoms with Gasteiger partial charge in [0.25, 0.3) is 11.7 Å². The molecule has 1 unspecified atom stereocenters. The van der Waals surface area contributed by atoms with E-state index in [0.717, 1.165) is 22.4 Å². The highest BCUT2D eigenvalue weighted by molar-refractivity contribution is 6.46. The number of likely N-dealkylation sites (tertiary alicyclic amines) is 1. The lowest BCUT2D eigenvalue weighted by atomic mass is 9.94. The molecule has 0 radical (unpaired) electrons. The Labute approximate surface area is 224 Å². The number of carbonyl (C=O) groups is 2. The molecule has 1 N–H and O–H groups in total. The molecule has 0 saturated carbocycles. The van der Waals surface area contributed by atoms with Gasteiger partial charge in [-0.3, -0.25) is 9.59 Å². The first-order valence-corrected chi connectivity index (χ1v) is 13.0. The maximum absolute atomic E-state index is 13.4. The molecule has 1 amide bonds. The molecule has 1 aliphatic rings. The van der Waals surface area contributed by atoms with Gasteiger partial charge in [0.15, 0.2) is 0 Å². The van der Waals surface area contributed by atoms with Crippen molar-refractivity contribution in [2.45, 2.75) is 53.3 Å². The monoisotopic (exact) mass is 513 g/mol. The lowest BCUT2D eigenvalue weighted by Crippen LogP contribution is -2.29. The van der Waals surface area contributed by atoms with Crippen molar-refractivity contribution < 1.29 is 24.2 Å². The highest BCUT2D eigenvalue weighted by Crippen LogP contribution is 2.41. The lowest BCUT2D eigenvalue weighted by Gasteiger charge is -2.26. The highest BCUT2D eigenvalue weighted by Gasteiger charge is 2.46. The molecule has 1 aliphatic heterocycles. The van der Waals surface area contributed by atoms with Gasteiger partial charge in [0.1, 0.15) is 17.3 Å². The quantitative estimate of drug-likeness (QED) is 0.202. The summed E-state index contributed by atoms with van der Waals surface area (Å²) in [5.74, 6) is 0.166. The number of ketones is 1. The molecule has 1 fully saturated rings. The molecule has 3 aromatic carbocycles. The van der Waals surface area contributed by atoms with E-state index in [1.807, 2.05) is 69.3 Å². The summed E-state index contributed by atoms with van der Waals surface area (Å²) in [4.78, 5) is 28.3. The average Bonchev–Trinajstić information content (AvgIpc) is 3.12. The second-order valence-electron chi connectivity index (χ2n) is 10.4. The van der Waals surface area contributed by atoms with Gasteiger partial charge in [0, 0.05) is 12.1 Å². The number of carbonyl (C=O) groups excluding carboxylic acids is 2. The zero-order valence-corrected chi connectivity index (χ0v) is 22.6. The van der Waals surface area contributed by atoms with Crippen LogP contribution in [0.3, 0.4) is 0 Å². The van der Waals surface area contributed by atoms with E-state index in [1.54, 1.807) is 24.3 Å². The minimum atomic E-state index is -0.735. The number of aliphatic hydroxyl groups excluding tert-OH is 1. The molecule has 1 atom stereocenters. The Morgan fingerprint density at radius 2 is 1.63 bits per heavy atom. The van der Waals surface area contributed by atoms with Crippen LogP contribution in [-0.4, -0.2) is 34.4 Å². The predicted octanol–water partition coefficient (Wildman–Crippen LogP) is 6.44. The number of amides is 1. The Morgan fingerprint density at radius 1 is 0.921 bits per heavy atom. The van der Waals surface area contributed by atoms with Crippen LogP contribution in [0.1, 0.15) is 56.0 Å². The van der Waals surface area contributed by atoms with Gasteiger partial charge in [-0.1, -0.05) is 67.9 Å². The Bertz CT molecular complexity index is 1340. The maximum atomic E-state index is 13.4. The number of aliphatic hydroxyl groups is 1. The van der Waals surface area contributed by atoms with Crippen LogP contribution in [0.4, 0.5) is 0 Å². The number of rotatable bonds is 9. The highest BCUT2D eigenvalue weighted by atomic mass is 16.5. The van der Waals surface area contributed by atoms with Crippen LogP contribution in [-0.2, 0) is 16.1 Å². The molecule has 6 heteroatoms. The second kappa shape index (κ2) is 11.5. The number of benzene rings is 3. The van der Waals surface area contributed by atoms with Crippen LogP contribution < -0.4 is 9.47 Å². The van der Waals surface area contributed by atoms with Crippen LogP contribution in [0.2, 0.25) is 0 Å². The van der Waals surface area contributed by atoms with E-state index in [1.165, 1.54) is 4.90 Å². The summed E-state index contributed by atoms with van der Waals surface area (Å²) in [6.45, 7) is 10.8. The SMILES string of the molecule is Cc1cccc(C2/C(=C(/O)c3cccc(OC(C)C)c3)C(=O)C(=O)N2Cc2ccc(OCC(C)C)cc2)c1. The number of Topliss-reactive ketones (excluding diaryl/α,β-unsaturated/α-hetero) is 1. The van der Waals surface area contributed by atoms with Gasteiger partial charge in [-0.25, -0.2) is 0 Å². The first-order chi connectivity index (χ1) is 18.1. The number of aryl methyl sites for hydroxylation is 1. The topological polar surface area (TPSA) is 76.1 Å². The fourth-order valence-corrected chi connectivity index (χ4v) is 4.52. The Morgan fingerprint density at radius 3 is 2.29 bits per heavy atom. The lowest BCUT2D eigenvalue weighted by molar-refractivity contribution is -0.140. The third-order valence-electron chi connectivity index (χ3n) is 6.24. The van der Waals surface area contributed by atoms with Gasteiger partial charge in [0.05, 0.1) is 24.3 Å². The predicted molar refractivity (Wildman–Crippen MR) is 148 cm³/mol. The Kier molecular flexibility index (Phi) is 8.20. The smallest absolute Gasteiger partial charge is 0.295 e. The number of ether oxygens (including phenoxy) is 2. The molecule has 0 aliphatic carbocycles. The molecule has 4 rings (SSSR count). The number of nitrogens with zero attached hydrogens (tertiary/aromatic N) is 1. The van der Waals surface area contributed by atoms with Crippen molar-refractivity contribution in [2.24, 2.45) is 5.92 Å². The molecule has 0 bridgehead atoms. The molecule has 38 heavy (non-hydrogen) atoms. The van der Waals surface area contributed by atoms with E-state index in [9.17, 15) is 14.7 Å². The third-order valence-corrected chi connectivity index (χ3v) is 6.24. The number of hydrogen-bond donors (Lipinski definition) is 1. The Hall–Kier alpha value is -4.06. The average molecular weight is 514 g/mol. The fourth-order valence-electron chi connectivity index (χ4n) is 4.52. The zero-order valence-electron chi connectivity index (χ0n) is 22.6. The molecule has 1 saturated heterocycles. The summed E-state index contributed by atoms with van der Waals surface area (Å²) in [5, 5.41) is 11.4. The van der Waals surface area contributed by atoms with Crippen molar-refractivity contribution >= 4 is 17.4 Å². The van der Waals surface area contributed by atoms with Crippen molar-refractivity contribution in [3.05, 3.63) is 101 Å².